The summed E-state index contributed by atoms with van der Waals surface area (Å²) in [6, 6.07) is 8.93. The summed E-state index contributed by atoms with van der Waals surface area (Å²) in [5.74, 6) is -1.15. The van der Waals surface area contributed by atoms with E-state index in [1.54, 1.807) is 24.3 Å². The first-order valence-electron chi connectivity index (χ1n) is 5.04. The molecular weight excluding hydrogens is 254 g/mol. The van der Waals surface area contributed by atoms with Crippen molar-refractivity contribution in [1.82, 2.24) is 15.2 Å². The highest BCUT2D eigenvalue weighted by Crippen LogP contribution is 2.13. The van der Waals surface area contributed by atoms with Crippen LogP contribution < -0.4 is 5.56 Å². The van der Waals surface area contributed by atoms with Crippen molar-refractivity contribution in [2.45, 2.75) is 5.16 Å². The number of aromatic nitrogens is 3. The van der Waals surface area contributed by atoms with Crippen molar-refractivity contribution in [3.8, 4) is 11.3 Å². The van der Waals surface area contributed by atoms with E-state index in [1.165, 1.54) is 0 Å². The topological polar surface area (TPSA) is 95.9 Å². The summed E-state index contributed by atoms with van der Waals surface area (Å²) >= 11 is 0.918. The van der Waals surface area contributed by atoms with Gasteiger partial charge in [0, 0.05) is 5.56 Å². The largest absolute Gasteiger partial charge is 0.481 e. The van der Waals surface area contributed by atoms with Crippen molar-refractivity contribution in [2.75, 3.05) is 5.75 Å². The van der Waals surface area contributed by atoms with E-state index in [-0.39, 0.29) is 22.2 Å². The summed E-state index contributed by atoms with van der Waals surface area (Å²) in [6.45, 7) is 0. The van der Waals surface area contributed by atoms with Gasteiger partial charge in [-0.3, -0.25) is 14.6 Å². The molecule has 0 saturated heterocycles. The molecule has 6 nitrogen and oxygen atoms in total. The highest BCUT2D eigenvalue weighted by atomic mass is 32.2. The van der Waals surface area contributed by atoms with Crippen LogP contribution in [0.15, 0.2) is 40.3 Å². The number of benzene rings is 1. The predicted molar refractivity (Wildman–Crippen MR) is 66.4 cm³/mol. The average Bonchev–Trinajstić information content (AvgIpc) is 2.37. The lowest BCUT2D eigenvalue weighted by Gasteiger charge is -2.00. The fourth-order valence-electron chi connectivity index (χ4n) is 1.30. The molecule has 0 saturated carbocycles. The molecule has 1 aromatic heterocycles. The Morgan fingerprint density at radius 2 is 2.00 bits per heavy atom. The number of carboxylic acids is 1. The number of H-pyrrole nitrogens is 1. The maximum Gasteiger partial charge on any atom is 0.313 e. The maximum atomic E-state index is 11.8. The van der Waals surface area contributed by atoms with Crippen LogP contribution in [0.1, 0.15) is 0 Å². The van der Waals surface area contributed by atoms with E-state index >= 15 is 0 Å². The van der Waals surface area contributed by atoms with Crippen LogP contribution in [-0.4, -0.2) is 32.0 Å². The van der Waals surface area contributed by atoms with Crippen molar-refractivity contribution in [2.24, 2.45) is 0 Å². The van der Waals surface area contributed by atoms with Gasteiger partial charge in [-0.25, -0.2) is 0 Å². The second kappa shape index (κ2) is 5.46. The lowest BCUT2D eigenvalue weighted by molar-refractivity contribution is -0.133. The van der Waals surface area contributed by atoms with Gasteiger partial charge < -0.3 is 5.11 Å². The van der Waals surface area contributed by atoms with Gasteiger partial charge in [-0.05, 0) is 0 Å². The fourth-order valence-corrected chi connectivity index (χ4v) is 1.83. The highest BCUT2D eigenvalue weighted by Gasteiger charge is 2.08. The molecule has 0 bridgehead atoms. The first-order valence-corrected chi connectivity index (χ1v) is 6.02. The molecule has 1 heterocycles. The van der Waals surface area contributed by atoms with Crippen LogP contribution in [0.2, 0.25) is 0 Å². The van der Waals surface area contributed by atoms with Crippen LogP contribution in [0.3, 0.4) is 0 Å². The molecule has 0 unspecified atom stereocenters. The van der Waals surface area contributed by atoms with Gasteiger partial charge in [-0.15, -0.1) is 10.2 Å². The first-order chi connectivity index (χ1) is 8.66. The third kappa shape index (κ3) is 2.95. The quantitative estimate of drug-likeness (QED) is 0.799. The molecule has 0 fully saturated rings. The van der Waals surface area contributed by atoms with E-state index in [1.807, 2.05) is 6.07 Å². The van der Waals surface area contributed by atoms with Gasteiger partial charge in [-0.1, -0.05) is 42.1 Å². The number of thioether (sulfide) groups is 1. The Bertz CT molecular complexity index is 612. The van der Waals surface area contributed by atoms with Crippen molar-refractivity contribution in [3.05, 3.63) is 40.7 Å². The molecule has 0 aliphatic carbocycles. The minimum absolute atomic E-state index is 0.171. The minimum Gasteiger partial charge on any atom is -0.481 e. The van der Waals surface area contributed by atoms with E-state index in [9.17, 15) is 9.59 Å². The van der Waals surface area contributed by atoms with Gasteiger partial charge in [0.1, 0.15) is 0 Å². The third-order valence-electron chi connectivity index (χ3n) is 2.06. The van der Waals surface area contributed by atoms with Crippen LogP contribution in [0, 0.1) is 0 Å². The number of hydrogen-bond donors (Lipinski definition) is 2. The van der Waals surface area contributed by atoms with Gasteiger partial charge in [0.25, 0.3) is 5.56 Å². The molecule has 0 spiro atoms. The van der Waals surface area contributed by atoms with Gasteiger partial charge in [-0.2, -0.15) is 0 Å². The van der Waals surface area contributed by atoms with Crippen molar-refractivity contribution < 1.29 is 9.90 Å². The Morgan fingerprint density at radius 1 is 1.28 bits per heavy atom. The average molecular weight is 263 g/mol. The summed E-state index contributed by atoms with van der Waals surface area (Å²) in [5.41, 5.74) is 0.500. The zero-order chi connectivity index (χ0) is 13.0. The molecule has 1 aromatic carbocycles. The number of nitrogens with one attached hydrogen (secondary N) is 1. The molecule has 0 aliphatic heterocycles. The SMILES string of the molecule is O=C(O)CSc1nnc(-c2ccccc2)c(=O)[nH]1. The van der Waals surface area contributed by atoms with E-state index in [4.69, 9.17) is 5.11 Å². The molecule has 2 N–H and O–H groups in total. The van der Waals surface area contributed by atoms with Crippen molar-refractivity contribution in [3.63, 3.8) is 0 Å². The smallest absolute Gasteiger partial charge is 0.313 e. The van der Waals surface area contributed by atoms with E-state index in [2.05, 4.69) is 15.2 Å². The monoisotopic (exact) mass is 263 g/mol. The molecular formula is C11H9N3O3S. The Balaban J connectivity index is 2.26. The Hall–Kier alpha value is -2.15. The first kappa shape index (κ1) is 12.3. The Kier molecular flexibility index (Phi) is 3.73. The molecule has 0 radical (unpaired) electrons. The molecule has 2 aromatic rings. The number of carboxylic acid groups (broad SMARTS) is 1. The minimum atomic E-state index is -0.977. The summed E-state index contributed by atoms with van der Waals surface area (Å²) in [5, 5.41) is 16.3. The molecule has 18 heavy (non-hydrogen) atoms. The summed E-state index contributed by atoms with van der Waals surface area (Å²) in [6.07, 6.45) is 0. The third-order valence-corrected chi connectivity index (χ3v) is 2.90. The molecule has 0 amide bonds. The summed E-state index contributed by atoms with van der Waals surface area (Å²) in [7, 11) is 0. The maximum absolute atomic E-state index is 11.8. The van der Waals surface area contributed by atoms with Gasteiger partial charge in [0.05, 0.1) is 5.75 Å². The second-order valence-corrected chi connectivity index (χ2v) is 4.32. The highest BCUT2D eigenvalue weighted by molar-refractivity contribution is 7.99. The summed E-state index contributed by atoms with van der Waals surface area (Å²) in [4.78, 5) is 24.7. The van der Waals surface area contributed by atoms with Crippen LogP contribution in [0.4, 0.5) is 0 Å². The number of aromatic amines is 1. The predicted octanol–water partition coefficient (Wildman–Crippen LogP) is 1.01. The van der Waals surface area contributed by atoms with E-state index < -0.39 is 5.97 Å². The fraction of sp³-hybridized carbons (Fsp3) is 0.0909. The zero-order valence-corrected chi connectivity index (χ0v) is 9.98. The molecule has 92 valence electrons. The van der Waals surface area contributed by atoms with Gasteiger partial charge in [0.15, 0.2) is 10.9 Å². The van der Waals surface area contributed by atoms with Gasteiger partial charge >= 0.3 is 5.97 Å². The van der Waals surface area contributed by atoms with Crippen molar-refractivity contribution in [1.29, 1.82) is 0 Å². The summed E-state index contributed by atoms with van der Waals surface area (Å²) < 4.78 is 0. The van der Waals surface area contributed by atoms with Crippen LogP contribution in [0.5, 0.6) is 0 Å². The number of carbonyl (C=O) groups is 1. The lowest BCUT2D eigenvalue weighted by Crippen LogP contribution is -2.14. The number of nitrogens with zero attached hydrogens (tertiary/aromatic N) is 2. The Morgan fingerprint density at radius 3 is 2.61 bits per heavy atom. The number of aliphatic carboxylic acids is 1. The Labute approximate surface area is 106 Å². The molecule has 7 heteroatoms. The van der Waals surface area contributed by atoms with Crippen LogP contribution in [0.25, 0.3) is 11.3 Å². The normalized spacial score (nSPS) is 10.2. The van der Waals surface area contributed by atoms with Crippen LogP contribution >= 0.6 is 11.8 Å². The molecule has 2 rings (SSSR count). The lowest BCUT2D eigenvalue weighted by atomic mass is 10.2. The zero-order valence-electron chi connectivity index (χ0n) is 9.16. The molecule has 0 aliphatic rings. The molecule has 0 atom stereocenters. The van der Waals surface area contributed by atoms with E-state index in [0.29, 0.717) is 5.56 Å². The van der Waals surface area contributed by atoms with Crippen molar-refractivity contribution >= 4 is 17.7 Å². The number of rotatable bonds is 4. The standard InChI is InChI=1S/C11H9N3O3S/c15-8(16)6-18-11-12-10(17)9(13-14-11)7-4-2-1-3-5-7/h1-5H,6H2,(H,15,16)(H,12,14,17). The van der Waals surface area contributed by atoms with Gasteiger partial charge in [0.2, 0.25) is 0 Å². The van der Waals surface area contributed by atoms with E-state index in [0.717, 1.165) is 11.8 Å². The number of hydrogen-bond acceptors (Lipinski definition) is 5. The van der Waals surface area contributed by atoms with Crippen LogP contribution in [-0.2, 0) is 4.79 Å². The second-order valence-electron chi connectivity index (χ2n) is 3.36.